The highest BCUT2D eigenvalue weighted by atomic mass is 32.2. The Hall–Kier alpha value is -3.50. The predicted octanol–water partition coefficient (Wildman–Crippen LogP) is 4.09. The molecular formula is C31H34FN5O3S. The molecule has 0 radical (unpaired) electrons. The monoisotopic (exact) mass is 575 g/mol. The molecule has 10 heteroatoms. The normalized spacial score (nSPS) is 20.7. The van der Waals surface area contributed by atoms with Crippen molar-refractivity contribution >= 4 is 39.5 Å². The molecule has 3 heterocycles. The Morgan fingerprint density at radius 1 is 0.976 bits per heavy atom. The number of nitrogens with zero attached hydrogens (tertiary/aromatic N) is 3. The quantitative estimate of drug-likeness (QED) is 0.358. The van der Waals surface area contributed by atoms with Gasteiger partial charge in [-0.2, -0.15) is 11.8 Å². The molecule has 2 aromatic carbocycles. The standard InChI is InChI=1S/C31H34FN5O3S/c32-22-17-26-28(34-18-22)36(25-11-13-41-14-12-25)31(40)37(30(26)39)24-9-7-23(8-10-24)35-29(38)27(33)16-19-5-6-20-3-1-2-4-21(20)15-19/h1-6,15,17-18,23-25,27H,7-14,16,33H2,(H,35,38)/t23?,24?,27-/m0/s1. The Bertz CT molecular complexity index is 1710. The van der Waals surface area contributed by atoms with Gasteiger partial charge in [0.05, 0.1) is 17.6 Å². The van der Waals surface area contributed by atoms with Crippen LogP contribution < -0.4 is 22.3 Å². The Morgan fingerprint density at radius 3 is 2.44 bits per heavy atom. The molecule has 2 aromatic heterocycles. The third-order valence-corrected chi connectivity index (χ3v) is 9.54. The van der Waals surface area contributed by atoms with Crippen LogP contribution in [0, 0.1) is 5.82 Å². The van der Waals surface area contributed by atoms with Crippen LogP contribution in [-0.2, 0) is 11.2 Å². The van der Waals surface area contributed by atoms with Crippen molar-refractivity contribution in [2.24, 2.45) is 5.73 Å². The van der Waals surface area contributed by atoms with Gasteiger partial charge in [0.1, 0.15) is 11.5 Å². The molecule has 2 aliphatic rings. The third kappa shape index (κ3) is 5.67. The maximum absolute atomic E-state index is 14.2. The minimum atomic E-state index is -0.680. The van der Waals surface area contributed by atoms with Crippen LogP contribution in [0.3, 0.4) is 0 Å². The zero-order valence-electron chi connectivity index (χ0n) is 22.8. The zero-order chi connectivity index (χ0) is 28.5. The molecule has 4 aromatic rings. The molecule has 1 saturated heterocycles. The van der Waals surface area contributed by atoms with Crippen molar-refractivity contribution in [3.63, 3.8) is 0 Å². The van der Waals surface area contributed by atoms with Crippen LogP contribution in [0.15, 0.2) is 64.3 Å². The van der Waals surface area contributed by atoms with E-state index in [4.69, 9.17) is 5.73 Å². The fourth-order valence-corrected chi connectivity index (χ4v) is 7.38. The Morgan fingerprint density at radius 2 is 1.68 bits per heavy atom. The van der Waals surface area contributed by atoms with E-state index in [0.29, 0.717) is 32.1 Å². The molecule has 1 aliphatic carbocycles. The Balaban J connectivity index is 1.16. The molecule has 3 N–H and O–H groups in total. The van der Waals surface area contributed by atoms with Gasteiger partial charge in [-0.3, -0.25) is 18.7 Å². The number of benzene rings is 2. The van der Waals surface area contributed by atoms with Crippen LogP contribution in [-0.4, -0.2) is 43.6 Å². The molecule has 1 aliphatic heterocycles. The molecule has 1 atom stereocenters. The van der Waals surface area contributed by atoms with Crippen LogP contribution in [0.2, 0.25) is 0 Å². The van der Waals surface area contributed by atoms with Gasteiger partial charge < -0.3 is 11.1 Å². The fourth-order valence-electron chi connectivity index (χ4n) is 6.30. The number of thioether (sulfide) groups is 1. The molecule has 214 valence electrons. The number of halogens is 1. The maximum atomic E-state index is 14.2. The number of pyridine rings is 1. The lowest BCUT2D eigenvalue weighted by Crippen LogP contribution is -2.49. The van der Waals surface area contributed by atoms with Crippen molar-refractivity contribution in [1.82, 2.24) is 19.4 Å². The number of fused-ring (bicyclic) bond motifs is 2. The number of rotatable bonds is 6. The van der Waals surface area contributed by atoms with Crippen molar-refractivity contribution in [3.8, 4) is 0 Å². The fraction of sp³-hybridized carbons (Fsp3) is 0.419. The van der Waals surface area contributed by atoms with Crippen molar-refractivity contribution in [2.45, 2.75) is 69.1 Å². The van der Waals surface area contributed by atoms with Gasteiger partial charge in [0, 0.05) is 18.1 Å². The van der Waals surface area contributed by atoms with Gasteiger partial charge in [0.15, 0.2) is 0 Å². The highest BCUT2D eigenvalue weighted by Crippen LogP contribution is 2.30. The van der Waals surface area contributed by atoms with E-state index in [1.807, 2.05) is 48.2 Å². The van der Waals surface area contributed by atoms with Crippen LogP contribution in [0.25, 0.3) is 21.8 Å². The molecule has 2 fully saturated rings. The van der Waals surface area contributed by atoms with Gasteiger partial charge >= 0.3 is 5.69 Å². The molecular weight excluding hydrogens is 541 g/mol. The molecule has 6 rings (SSSR count). The number of carbonyl (C=O) groups is 1. The summed E-state index contributed by atoms with van der Waals surface area (Å²) in [6.07, 6.45) is 5.43. The van der Waals surface area contributed by atoms with E-state index in [2.05, 4.69) is 16.4 Å². The van der Waals surface area contributed by atoms with Gasteiger partial charge in [-0.25, -0.2) is 14.2 Å². The maximum Gasteiger partial charge on any atom is 0.333 e. The van der Waals surface area contributed by atoms with Crippen molar-refractivity contribution in [1.29, 1.82) is 0 Å². The van der Waals surface area contributed by atoms with Gasteiger partial charge in [0.2, 0.25) is 5.91 Å². The second-order valence-electron chi connectivity index (χ2n) is 11.2. The summed E-state index contributed by atoms with van der Waals surface area (Å²) in [7, 11) is 0. The predicted molar refractivity (Wildman–Crippen MR) is 161 cm³/mol. The van der Waals surface area contributed by atoms with E-state index in [9.17, 15) is 18.8 Å². The van der Waals surface area contributed by atoms with E-state index in [-0.39, 0.29) is 40.8 Å². The van der Waals surface area contributed by atoms with Crippen molar-refractivity contribution < 1.29 is 9.18 Å². The molecule has 0 bridgehead atoms. The van der Waals surface area contributed by atoms with Gasteiger partial charge in [-0.1, -0.05) is 42.5 Å². The summed E-state index contributed by atoms with van der Waals surface area (Å²) in [5, 5.41) is 5.47. The topological polar surface area (TPSA) is 112 Å². The average molecular weight is 576 g/mol. The first kappa shape index (κ1) is 27.7. The van der Waals surface area contributed by atoms with Crippen molar-refractivity contribution in [3.05, 3.63) is 86.9 Å². The number of nitrogens with two attached hydrogens (primary N) is 1. The molecule has 0 spiro atoms. The molecule has 0 unspecified atom stereocenters. The summed E-state index contributed by atoms with van der Waals surface area (Å²) in [6, 6.07) is 14.2. The molecule has 8 nitrogen and oxygen atoms in total. The van der Waals surface area contributed by atoms with Gasteiger partial charge in [-0.05, 0) is 78.9 Å². The molecule has 1 saturated carbocycles. The summed E-state index contributed by atoms with van der Waals surface area (Å²) in [5.74, 6) is 1.04. The van der Waals surface area contributed by atoms with E-state index >= 15 is 0 Å². The second-order valence-corrected chi connectivity index (χ2v) is 12.4. The summed E-state index contributed by atoms with van der Waals surface area (Å²) in [4.78, 5) is 44.4. The number of hydrogen-bond acceptors (Lipinski definition) is 6. The van der Waals surface area contributed by atoms with Crippen LogP contribution in [0.5, 0.6) is 0 Å². The highest BCUT2D eigenvalue weighted by molar-refractivity contribution is 7.99. The van der Waals surface area contributed by atoms with Gasteiger partial charge in [-0.15, -0.1) is 0 Å². The minimum Gasteiger partial charge on any atom is -0.352 e. The summed E-state index contributed by atoms with van der Waals surface area (Å²) < 4.78 is 17.1. The SMILES string of the molecule is N[C@@H](Cc1ccc2ccccc2c1)C(=O)NC1CCC(n2c(=O)c3cc(F)cnc3n(C3CCSCC3)c2=O)CC1. The zero-order valence-corrected chi connectivity index (χ0v) is 23.6. The summed E-state index contributed by atoms with van der Waals surface area (Å²) in [6.45, 7) is 0. The lowest BCUT2D eigenvalue weighted by atomic mass is 9.90. The van der Waals surface area contributed by atoms with Gasteiger partial charge in [0.25, 0.3) is 5.56 Å². The smallest absolute Gasteiger partial charge is 0.333 e. The largest absolute Gasteiger partial charge is 0.352 e. The number of hydrogen-bond donors (Lipinski definition) is 2. The van der Waals surface area contributed by atoms with Crippen LogP contribution in [0.1, 0.15) is 56.2 Å². The first-order valence-electron chi connectivity index (χ1n) is 14.3. The average Bonchev–Trinajstić information content (AvgIpc) is 2.99. The third-order valence-electron chi connectivity index (χ3n) is 8.49. The second kappa shape index (κ2) is 11.8. The van der Waals surface area contributed by atoms with E-state index in [0.717, 1.165) is 46.9 Å². The highest BCUT2D eigenvalue weighted by Gasteiger charge is 2.30. The lowest BCUT2D eigenvalue weighted by Gasteiger charge is -2.32. The summed E-state index contributed by atoms with van der Waals surface area (Å²) in [5.41, 5.74) is 6.68. The summed E-state index contributed by atoms with van der Waals surface area (Å²) >= 11 is 1.84. The van der Waals surface area contributed by atoms with Crippen molar-refractivity contribution in [2.75, 3.05) is 11.5 Å². The van der Waals surface area contributed by atoms with E-state index in [1.54, 1.807) is 4.57 Å². The Kier molecular flexibility index (Phi) is 7.94. The number of carbonyl (C=O) groups excluding carboxylic acids is 1. The van der Waals surface area contributed by atoms with Crippen LogP contribution in [0.4, 0.5) is 4.39 Å². The first-order valence-corrected chi connectivity index (χ1v) is 15.5. The van der Waals surface area contributed by atoms with E-state index < -0.39 is 17.4 Å². The molecule has 41 heavy (non-hydrogen) atoms. The first-order chi connectivity index (χ1) is 19.9. The minimum absolute atomic E-state index is 0.0734. The van der Waals surface area contributed by atoms with Crippen LogP contribution >= 0.6 is 11.8 Å². The molecule has 1 amide bonds. The number of amides is 1. The lowest BCUT2D eigenvalue weighted by molar-refractivity contribution is -0.123. The number of aromatic nitrogens is 3. The number of nitrogens with one attached hydrogen (secondary N) is 1. The Labute approximate surface area is 241 Å². The van der Waals surface area contributed by atoms with E-state index in [1.165, 1.54) is 10.6 Å².